The van der Waals surface area contributed by atoms with E-state index in [9.17, 15) is 0 Å². The van der Waals surface area contributed by atoms with E-state index in [-0.39, 0.29) is 11.8 Å². The van der Waals surface area contributed by atoms with Gasteiger partial charge < -0.3 is 24.8 Å². The fraction of sp³-hybridized carbons (Fsp3) is 0.321. The van der Waals surface area contributed by atoms with Gasteiger partial charge in [-0.25, -0.2) is 4.98 Å². The molecule has 190 valence electrons. The minimum Gasteiger partial charge on any atom is -0.490 e. The molecule has 37 heavy (non-hydrogen) atoms. The second-order valence-electron chi connectivity index (χ2n) is 9.35. The van der Waals surface area contributed by atoms with E-state index in [1.54, 1.807) is 19.5 Å². The molecule has 0 radical (unpaired) electrons. The molecular formula is C28H30N6O3. The average molecular weight is 499 g/mol. The molecule has 2 fully saturated rings. The summed E-state index contributed by atoms with van der Waals surface area (Å²) in [6, 6.07) is 19.8. The number of nitrogens with zero attached hydrogens (tertiary/aromatic N) is 4. The van der Waals surface area contributed by atoms with Crippen LogP contribution in [0.3, 0.4) is 0 Å². The van der Waals surface area contributed by atoms with E-state index in [0.717, 1.165) is 67.2 Å². The minimum absolute atomic E-state index is 0.136. The highest BCUT2D eigenvalue weighted by Crippen LogP contribution is 2.41. The summed E-state index contributed by atoms with van der Waals surface area (Å²) in [5.74, 6) is 2.02. The van der Waals surface area contributed by atoms with Gasteiger partial charge in [-0.2, -0.15) is 4.98 Å². The van der Waals surface area contributed by atoms with Crippen molar-refractivity contribution < 1.29 is 14.2 Å². The van der Waals surface area contributed by atoms with Crippen molar-refractivity contribution in [2.75, 3.05) is 44.0 Å². The lowest BCUT2D eigenvalue weighted by molar-refractivity contribution is -0.233. The number of para-hydroxylation sites is 1. The van der Waals surface area contributed by atoms with Crippen LogP contribution in [-0.4, -0.2) is 65.1 Å². The Balaban J connectivity index is 1.05. The molecule has 6 rings (SSSR count). The molecule has 0 amide bonds. The van der Waals surface area contributed by atoms with Crippen LogP contribution in [0.1, 0.15) is 12.8 Å². The van der Waals surface area contributed by atoms with Crippen molar-refractivity contribution in [3.63, 3.8) is 0 Å². The Labute approximate surface area is 215 Å². The SMILES string of the molecule is COC1(N2CCOCC2)CC(Oc2ccc(Nc3nccc(Nc4cnc5ccccc5c4)n3)cc2)C1. The molecule has 2 aromatic heterocycles. The van der Waals surface area contributed by atoms with Crippen LogP contribution in [0, 0.1) is 0 Å². The molecule has 2 aliphatic rings. The summed E-state index contributed by atoms with van der Waals surface area (Å²) in [4.78, 5) is 15.8. The molecule has 1 saturated heterocycles. The van der Waals surface area contributed by atoms with Crippen molar-refractivity contribution in [2.45, 2.75) is 24.7 Å². The maximum absolute atomic E-state index is 6.21. The van der Waals surface area contributed by atoms with Gasteiger partial charge in [0.05, 0.1) is 30.6 Å². The summed E-state index contributed by atoms with van der Waals surface area (Å²) in [5.41, 5.74) is 2.48. The highest BCUT2D eigenvalue weighted by Gasteiger charge is 2.50. The summed E-state index contributed by atoms with van der Waals surface area (Å²) < 4.78 is 17.6. The molecule has 2 aromatic carbocycles. The van der Waals surface area contributed by atoms with E-state index in [4.69, 9.17) is 14.2 Å². The number of benzene rings is 2. The number of morpholine rings is 1. The first-order valence-electron chi connectivity index (χ1n) is 12.6. The van der Waals surface area contributed by atoms with E-state index in [1.807, 2.05) is 54.6 Å². The zero-order chi connectivity index (χ0) is 25.1. The lowest BCUT2D eigenvalue weighted by Gasteiger charge is -2.53. The number of ether oxygens (including phenoxy) is 3. The van der Waals surface area contributed by atoms with E-state index >= 15 is 0 Å². The molecule has 3 heterocycles. The zero-order valence-corrected chi connectivity index (χ0v) is 20.8. The summed E-state index contributed by atoms with van der Waals surface area (Å²) in [5, 5.41) is 7.64. The molecule has 1 aliphatic carbocycles. The third kappa shape index (κ3) is 5.20. The van der Waals surface area contributed by atoms with E-state index < -0.39 is 0 Å². The van der Waals surface area contributed by atoms with Crippen molar-refractivity contribution in [3.05, 3.63) is 73.1 Å². The fourth-order valence-electron chi connectivity index (χ4n) is 4.97. The molecule has 0 atom stereocenters. The number of methoxy groups -OCH3 is 1. The summed E-state index contributed by atoms with van der Waals surface area (Å²) in [7, 11) is 1.79. The van der Waals surface area contributed by atoms with Crippen LogP contribution in [-0.2, 0) is 9.47 Å². The first-order chi connectivity index (χ1) is 18.2. The Morgan fingerprint density at radius 3 is 2.57 bits per heavy atom. The van der Waals surface area contributed by atoms with Gasteiger partial charge in [-0.15, -0.1) is 0 Å². The van der Waals surface area contributed by atoms with Crippen LogP contribution in [0.2, 0.25) is 0 Å². The number of anilines is 4. The normalized spacial score (nSPS) is 21.8. The maximum atomic E-state index is 6.21. The highest BCUT2D eigenvalue weighted by atomic mass is 16.5. The molecular weight excluding hydrogens is 468 g/mol. The van der Waals surface area contributed by atoms with Crippen molar-refractivity contribution >= 4 is 34.0 Å². The molecule has 1 saturated carbocycles. The van der Waals surface area contributed by atoms with E-state index in [2.05, 4.69) is 36.6 Å². The quantitative estimate of drug-likeness (QED) is 0.358. The molecule has 9 heteroatoms. The summed E-state index contributed by atoms with van der Waals surface area (Å²) in [6.07, 6.45) is 5.36. The predicted molar refractivity (Wildman–Crippen MR) is 143 cm³/mol. The Morgan fingerprint density at radius 2 is 1.76 bits per heavy atom. The van der Waals surface area contributed by atoms with Gasteiger partial charge in [-0.3, -0.25) is 9.88 Å². The number of hydrogen-bond donors (Lipinski definition) is 2. The molecule has 0 spiro atoms. The van der Waals surface area contributed by atoms with Gasteiger partial charge in [0.2, 0.25) is 5.95 Å². The number of hydrogen-bond acceptors (Lipinski definition) is 9. The topological polar surface area (TPSA) is 93.7 Å². The van der Waals surface area contributed by atoms with Crippen LogP contribution in [0.5, 0.6) is 5.75 Å². The lowest BCUT2D eigenvalue weighted by Crippen LogP contribution is -2.64. The number of rotatable bonds is 8. The molecule has 4 aromatic rings. The van der Waals surface area contributed by atoms with Crippen molar-refractivity contribution in [3.8, 4) is 5.75 Å². The Bertz CT molecular complexity index is 1350. The van der Waals surface area contributed by atoms with Gasteiger partial charge in [0.1, 0.15) is 23.4 Å². The second kappa shape index (κ2) is 10.3. The monoisotopic (exact) mass is 498 g/mol. The third-order valence-corrected chi connectivity index (χ3v) is 6.99. The van der Waals surface area contributed by atoms with Crippen molar-refractivity contribution in [2.24, 2.45) is 0 Å². The lowest BCUT2D eigenvalue weighted by atomic mass is 9.82. The van der Waals surface area contributed by atoms with Crippen molar-refractivity contribution in [1.82, 2.24) is 19.9 Å². The largest absolute Gasteiger partial charge is 0.490 e. The van der Waals surface area contributed by atoms with Gasteiger partial charge >= 0.3 is 0 Å². The van der Waals surface area contributed by atoms with Crippen LogP contribution < -0.4 is 15.4 Å². The van der Waals surface area contributed by atoms with Crippen molar-refractivity contribution in [1.29, 1.82) is 0 Å². The van der Waals surface area contributed by atoms with E-state index in [0.29, 0.717) is 11.8 Å². The summed E-state index contributed by atoms with van der Waals surface area (Å²) >= 11 is 0. The highest BCUT2D eigenvalue weighted by molar-refractivity contribution is 5.82. The Hall–Kier alpha value is -3.79. The third-order valence-electron chi connectivity index (χ3n) is 6.99. The predicted octanol–water partition coefficient (Wildman–Crippen LogP) is 4.73. The first kappa shape index (κ1) is 23.6. The molecule has 0 bridgehead atoms. The van der Waals surface area contributed by atoms with Gasteiger partial charge in [0.25, 0.3) is 0 Å². The fourth-order valence-corrected chi connectivity index (χ4v) is 4.97. The molecule has 2 N–H and O–H groups in total. The number of aromatic nitrogens is 3. The van der Waals surface area contributed by atoms with Gasteiger partial charge in [0, 0.05) is 50.3 Å². The number of nitrogens with one attached hydrogen (secondary N) is 2. The molecule has 9 nitrogen and oxygen atoms in total. The van der Waals surface area contributed by atoms with Gasteiger partial charge in [-0.05, 0) is 42.5 Å². The maximum Gasteiger partial charge on any atom is 0.229 e. The van der Waals surface area contributed by atoms with Crippen LogP contribution in [0.4, 0.5) is 23.1 Å². The Morgan fingerprint density at radius 1 is 0.946 bits per heavy atom. The van der Waals surface area contributed by atoms with Gasteiger partial charge in [-0.1, -0.05) is 18.2 Å². The number of fused-ring (bicyclic) bond motifs is 1. The standard InChI is InChI=1S/C28H30N6O3/c1-35-28(34-12-14-36-15-13-34)17-24(18-28)37-23-8-6-21(7-9-23)32-27-29-11-10-26(33-27)31-22-16-20-4-2-3-5-25(20)30-19-22/h2-11,16,19,24H,12-15,17-18H2,1H3,(H2,29,31,32,33). The molecule has 0 unspecified atom stereocenters. The Kier molecular flexibility index (Phi) is 6.57. The molecule has 1 aliphatic heterocycles. The zero-order valence-electron chi connectivity index (χ0n) is 20.8. The average Bonchev–Trinajstić information content (AvgIpc) is 2.92. The van der Waals surface area contributed by atoms with Crippen LogP contribution >= 0.6 is 0 Å². The van der Waals surface area contributed by atoms with Crippen LogP contribution in [0.25, 0.3) is 10.9 Å². The second-order valence-corrected chi connectivity index (χ2v) is 9.35. The smallest absolute Gasteiger partial charge is 0.229 e. The van der Waals surface area contributed by atoms with Crippen LogP contribution in [0.15, 0.2) is 73.1 Å². The first-order valence-corrected chi connectivity index (χ1v) is 12.6. The van der Waals surface area contributed by atoms with Gasteiger partial charge in [0.15, 0.2) is 0 Å². The number of pyridine rings is 1. The minimum atomic E-state index is -0.227. The van der Waals surface area contributed by atoms with E-state index in [1.165, 1.54) is 0 Å². The summed E-state index contributed by atoms with van der Waals surface area (Å²) in [6.45, 7) is 3.32.